The first kappa shape index (κ1) is 37.7. The molecular formula is C47H53N5O4. The molecule has 0 bridgehead atoms. The van der Waals surface area contributed by atoms with E-state index in [1.807, 2.05) is 81.7 Å². The van der Waals surface area contributed by atoms with E-state index in [1.165, 1.54) is 22.3 Å². The molecule has 9 heteroatoms. The van der Waals surface area contributed by atoms with Crippen molar-refractivity contribution in [3.63, 3.8) is 0 Å². The maximum absolute atomic E-state index is 15.1. The molecule has 3 aliphatic rings. The molecule has 1 fully saturated rings. The summed E-state index contributed by atoms with van der Waals surface area (Å²) in [6.45, 7) is 9.21. The highest BCUT2D eigenvalue weighted by Crippen LogP contribution is 2.36. The summed E-state index contributed by atoms with van der Waals surface area (Å²) in [6, 6.07) is 32.7. The van der Waals surface area contributed by atoms with Gasteiger partial charge in [-0.15, -0.1) is 0 Å². The van der Waals surface area contributed by atoms with Crippen molar-refractivity contribution in [2.75, 3.05) is 51.3 Å². The molecule has 4 aromatic carbocycles. The average molecular weight is 752 g/mol. The minimum absolute atomic E-state index is 0.0534. The summed E-state index contributed by atoms with van der Waals surface area (Å²) in [5.74, 6) is 0.691. The van der Waals surface area contributed by atoms with Gasteiger partial charge in [-0.1, -0.05) is 54.6 Å². The number of hydrogen-bond acceptors (Lipinski definition) is 6. The van der Waals surface area contributed by atoms with Gasteiger partial charge in [-0.2, -0.15) is 0 Å². The number of hydrogen-bond donors (Lipinski definition) is 1. The number of ether oxygens (including phenoxy) is 2. The lowest BCUT2D eigenvalue weighted by Gasteiger charge is -2.38. The van der Waals surface area contributed by atoms with E-state index in [9.17, 15) is 4.79 Å². The smallest absolute Gasteiger partial charge is 0.259 e. The number of morpholine rings is 1. The van der Waals surface area contributed by atoms with Crippen LogP contribution in [0.3, 0.4) is 0 Å². The van der Waals surface area contributed by atoms with Crippen LogP contribution in [0.1, 0.15) is 67.1 Å². The Kier molecular flexibility index (Phi) is 11.4. The zero-order chi connectivity index (χ0) is 38.6. The van der Waals surface area contributed by atoms with Gasteiger partial charge in [0.15, 0.2) is 0 Å². The fourth-order valence-electron chi connectivity index (χ4n) is 8.51. The number of nitrogens with zero attached hydrogens (tertiary/aromatic N) is 4. The molecule has 1 aromatic heterocycles. The summed E-state index contributed by atoms with van der Waals surface area (Å²) >= 11 is 0. The van der Waals surface area contributed by atoms with E-state index in [1.54, 1.807) is 4.90 Å². The van der Waals surface area contributed by atoms with Gasteiger partial charge in [0.1, 0.15) is 12.4 Å². The third-order valence-corrected chi connectivity index (χ3v) is 12.0. The summed E-state index contributed by atoms with van der Waals surface area (Å²) in [6.07, 6.45) is 3.70. The molecule has 3 aliphatic heterocycles. The molecule has 8 rings (SSSR count). The second kappa shape index (κ2) is 16.9. The molecule has 0 unspecified atom stereocenters. The van der Waals surface area contributed by atoms with Crippen molar-refractivity contribution in [1.29, 1.82) is 0 Å². The lowest BCUT2D eigenvalue weighted by molar-refractivity contribution is 0.0353. The van der Waals surface area contributed by atoms with Gasteiger partial charge in [-0.3, -0.25) is 14.5 Å². The lowest BCUT2D eigenvalue weighted by Crippen LogP contribution is -2.45. The van der Waals surface area contributed by atoms with Crippen molar-refractivity contribution in [1.82, 2.24) is 19.7 Å². The first-order valence-electron chi connectivity index (χ1n) is 20.1. The summed E-state index contributed by atoms with van der Waals surface area (Å²) in [7, 11) is 3.81. The third-order valence-electron chi connectivity index (χ3n) is 12.0. The van der Waals surface area contributed by atoms with Crippen LogP contribution in [0, 0.1) is 6.92 Å². The standard InChI is InChI=1S/C47H53N5O4/c1-33-42(46(53)50(3)39-15-17-41(18-16-39)56-32-34-10-5-4-6-11-34)29-45(49(33)2)43-27-36-19-20-48-30-38(36)28-44(43)47(54)52-31-37-13-8-7-12-35(37)26-40(52)14-9-21-51-22-24-55-25-23-51/h4-8,10-13,15-18,27-29,40,48H,9,14,19-26,30-32H2,1-3H3/t40-/m1/s1. The number of fused-ring (bicyclic) bond motifs is 2. The second-order valence-corrected chi connectivity index (χ2v) is 15.5. The van der Waals surface area contributed by atoms with E-state index in [4.69, 9.17) is 9.47 Å². The fourth-order valence-corrected chi connectivity index (χ4v) is 8.51. The zero-order valence-electron chi connectivity index (χ0n) is 32.9. The number of nitrogens with one attached hydrogen (secondary N) is 1. The molecule has 0 radical (unpaired) electrons. The SMILES string of the molecule is Cc1c(C(=O)N(C)c2ccc(OCc3ccccc3)cc2)cc(-c2cc3c(cc2C(=O)N2Cc4ccccc4C[C@H]2CCCN2CCOCC2)CNCC3)n1C. The molecule has 1 saturated heterocycles. The summed E-state index contributed by atoms with van der Waals surface area (Å²) < 4.78 is 13.6. The van der Waals surface area contributed by atoms with E-state index < -0.39 is 0 Å². The van der Waals surface area contributed by atoms with Gasteiger partial charge >= 0.3 is 0 Å². The van der Waals surface area contributed by atoms with E-state index in [0.717, 1.165) is 106 Å². The largest absolute Gasteiger partial charge is 0.489 e. The predicted molar refractivity (Wildman–Crippen MR) is 221 cm³/mol. The van der Waals surface area contributed by atoms with Crippen LogP contribution in [0.15, 0.2) is 97.1 Å². The number of benzene rings is 4. The Balaban J connectivity index is 1.07. The third kappa shape index (κ3) is 8.03. The van der Waals surface area contributed by atoms with E-state index in [0.29, 0.717) is 24.3 Å². The molecule has 9 nitrogen and oxygen atoms in total. The van der Waals surface area contributed by atoms with Crippen molar-refractivity contribution < 1.29 is 19.1 Å². The molecule has 0 saturated carbocycles. The van der Waals surface area contributed by atoms with Crippen molar-refractivity contribution in [3.05, 3.63) is 142 Å². The van der Waals surface area contributed by atoms with Crippen LogP contribution in [0.25, 0.3) is 11.3 Å². The van der Waals surface area contributed by atoms with Crippen LogP contribution >= 0.6 is 0 Å². The van der Waals surface area contributed by atoms with Crippen molar-refractivity contribution >= 4 is 17.5 Å². The minimum atomic E-state index is -0.106. The molecule has 0 aliphatic carbocycles. The predicted octanol–water partition coefficient (Wildman–Crippen LogP) is 7.18. The molecule has 0 spiro atoms. The van der Waals surface area contributed by atoms with Crippen LogP contribution in [-0.4, -0.2) is 78.7 Å². The Hall–Kier alpha value is -5.22. The summed E-state index contributed by atoms with van der Waals surface area (Å²) in [4.78, 5) is 35.6. The maximum Gasteiger partial charge on any atom is 0.259 e. The Morgan fingerprint density at radius 2 is 1.62 bits per heavy atom. The van der Waals surface area contributed by atoms with Crippen molar-refractivity contribution in [2.24, 2.45) is 7.05 Å². The maximum atomic E-state index is 15.1. The monoisotopic (exact) mass is 751 g/mol. The molecule has 290 valence electrons. The van der Waals surface area contributed by atoms with Crippen molar-refractivity contribution in [3.8, 4) is 17.0 Å². The van der Waals surface area contributed by atoms with E-state index in [-0.39, 0.29) is 17.9 Å². The van der Waals surface area contributed by atoms with Crippen molar-refractivity contribution in [2.45, 2.75) is 58.3 Å². The average Bonchev–Trinajstić information content (AvgIpc) is 3.54. The number of carbonyl (C=O) groups is 2. The van der Waals surface area contributed by atoms with Crippen LogP contribution in [0.2, 0.25) is 0 Å². The van der Waals surface area contributed by atoms with Gasteiger partial charge in [0.25, 0.3) is 11.8 Å². The van der Waals surface area contributed by atoms with Gasteiger partial charge in [0.05, 0.1) is 18.8 Å². The van der Waals surface area contributed by atoms with E-state index in [2.05, 4.69) is 56.1 Å². The summed E-state index contributed by atoms with van der Waals surface area (Å²) in [5, 5.41) is 3.51. The number of aromatic nitrogens is 1. The molecule has 1 N–H and O–H groups in total. The first-order chi connectivity index (χ1) is 27.3. The molecule has 4 heterocycles. The van der Waals surface area contributed by atoms with Crippen LogP contribution < -0.4 is 15.0 Å². The molecule has 5 aromatic rings. The van der Waals surface area contributed by atoms with Gasteiger partial charge in [0.2, 0.25) is 0 Å². The normalized spacial score (nSPS) is 16.9. The highest BCUT2D eigenvalue weighted by Gasteiger charge is 2.33. The quantitative estimate of drug-likeness (QED) is 0.154. The number of rotatable bonds is 11. The van der Waals surface area contributed by atoms with Crippen LogP contribution in [0.5, 0.6) is 5.75 Å². The van der Waals surface area contributed by atoms with Crippen LogP contribution in [0.4, 0.5) is 5.69 Å². The Bertz CT molecular complexity index is 2170. The summed E-state index contributed by atoms with van der Waals surface area (Å²) in [5.41, 5.74) is 10.8. The number of amides is 2. The minimum Gasteiger partial charge on any atom is -0.489 e. The zero-order valence-corrected chi connectivity index (χ0v) is 32.9. The number of anilines is 1. The first-order valence-corrected chi connectivity index (χ1v) is 20.1. The van der Waals surface area contributed by atoms with Gasteiger partial charge < -0.3 is 29.2 Å². The Labute approximate surface area is 330 Å². The Morgan fingerprint density at radius 3 is 2.41 bits per heavy atom. The lowest BCUT2D eigenvalue weighted by atomic mass is 9.88. The second-order valence-electron chi connectivity index (χ2n) is 15.5. The van der Waals surface area contributed by atoms with Gasteiger partial charge in [0, 0.05) is 74.5 Å². The Morgan fingerprint density at radius 1 is 0.875 bits per heavy atom. The number of carbonyl (C=O) groups excluding carboxylic acids is 2. The van der Waals surface area contributed by atoms with Gasteiger partial charge in [-0.25, -0.2) is 0 Å². The van der Waals surface area contributed by atoms with Gasteiger partial charge in [-0.05, 0) is 116 Å². The molecule has 2 amide bonds. The fraction of sp³-hybridized carbons (Fsp3) is 0.362. The van der Waals surface area contributed by atoms with Crippen LogP contribution in [-0.2, 0) is 44.3 Å². The highest BCUT2D eigenvalue weighted by atomic mass is 16.5. The van der Waals surface area contributed by atoms with E-state index >= 15 is 4.79 Å². The molecule has 56 heavy (non-hydrogen) atoms. The molecular weight excluding hydrogens is 699 g/mol. The highest BCUT2D eigenvalue weighted by molar-refractivity contribution is 6.08. The molecule has 1 atom stereocenters. The topological polar surface area (TPSA) is 79.3 Å².